The number of carbonyl (C=O) groups is 2. The van der Waals surface area contributed by atoms with E-state index in [1.165, 1.54) is 4.90 Å². The highest BCUT2D eigenvalue weighted by molar-refractivity contribution is 7.98. The van der Waals surface area contributed by atoms with Gasteiger partial charge in [-0.1, -0.05) is 30.3 Å². The van der Waals surface area contributed by atoms with E-state index in [4.69, 9.17) is 0 Å². The number of amides is 2. The normalized spacial score (nSPS) is 15.1. The van der Waals surface area contributed by atoms with E-state index in [9.17, 15) is 9.59 Å². The van der Waals surface area contributed by atoms with E-state index in [2.05, 4.69) is 17.4 Å². The Morgan fingerprint density at radius 3 is 2.33 bits per heavy atom. The first-order chi connectivity index (χ1) is 13.2. The number of rotatable bonds is 5. The molecule has 3 rings (SSSR count). The van der Waals surface area contributed by atoms with Gasteiger partial charge in [0.2, 0.25) is 5.91 Å². The van der Waals surface area contributed by atoms with Gasteiger partial charge in [-0.3, -0.25) is 9.59 Å². The van der Waals surface area contributed by atoms with Crippen LogP contribution in [0.25, 0.3) is 6.08 Å². The van der Waals surface area contributed by atoms with Crippen LogP contribution in [0.5, 0.6) is 0 Å². The van der Waals surface area contributed by atoms with Gasteiger partial charge < -0.3 is 10.2 Å². The van der Waals surface area contributed by atoms with Crippen LogP contribution >= 0.6 is 11.8 Å². The highest BCUT2D eigenvalue weighted by Gasteiger charge is 2.23. The molecule has 0 spiro atoms. The lowest BCUT2D eigenvalue weighted by molar-refractivity contribution is -0.126. The molecule has 1 N–H and O–H groups in total. The minimum absolute atomic E-state index is 0.0248. The molecule has 0 aliphatic carbocycles. The van der Waals surface area contributed by atoms with Crippen molar-refractivity contribution in [2.75, 3.05) is 19.3 Å². The number of hydrogen-bond acceptors (Lipinski definition) is 3. The number of carbonyl (C=O) groups excluding carboxylic acids is 2. The van der Waals surface area contributed by atoms with Crippen molar-refractivity contribution >= 4 is 29.7 Å². The smallest absolute Gasteiger partial charge is 0.251 e. The first-order valence-corrected chi connectivity index (χ1v) is 10.3. The van der Waals surface area contributed by atoms with Crippen LogP contribution in [0, 0.1) is 0 Å². The van der Waals surface area contributed by atoms with Crippen LogP contribution < -0.4 is 5.32 Å². The van der Waals surface area contributed by atoms with Crippen molar-refractivity contribution in [3.63, 3.8) is 0 Å². The zero-order valence-corrected chi connectivity index (χ0v) is 16.2. The molecule has 1 heterocycles. The molecular formula is C22H24N2O2S. The van der Waals surface area contributed by atoms with Gasteiger partial charge in [0.15, 0.2) is 0 Å². The number of hydrogen-bond donors (Lipinski definition) is 1. The Bertz CT molecular complexity index is 795. The molecule has 4 nitrogen and oxygen atoms in total. The summed E-state index contributed by atoms with van der Waals surface area (Å²) in [4.78, 5) is 27.7. The Hall–Kier alpha value is -2.53. The maximum absolute atomic E-state index is 12.4. The second kappa shape index (κ2) is 9.42. The number of benzene rings is 2. The average Bonchev–Trinajstić information content (AvgIpc) is 2.73. The molecule has 140 valence electrons. The van der Waals surface area contributed by atoms with Gasteiger partial charge in [0.05, 0.1) is 0 Å². The molecule has 2 aromatic rings. The zero-order valence-electron chi connectivity index (χ0n) is 15.4. The van der Waals surface area contributed by atoms with Crippen molar-refractivity contribution in [3.8, 4) is 0 Å². The molecule has 0 unspecified atom stereocenters. The molecule has 1 aliphatic heterocycles. The highest BCUT2D eigenvalue weighted by atomic mass is 32.2. The number of nitrogens with one attached hydrogen (secondary N) is 1. The Morgan fingerprint density at radius 2 is 1.70 bits per heavy atom. The van der Waals surface area contributed by atoms with E-state index >= 15 is 0 Å². The maximum atomic E-state index is 12.4. The summed E-state index contributed by atoms with van der Waals surface area (Å²) in [6.45, 7) is 1.32. The summed E-state index contributed by atoms with van der Waals surface area (Å²) >= 11 is 1.70. The van der Waals surface area contributed by atoms with E-state index in [1.807, 2.05) is 59.7 Å². The summed E-state index contributed by atoms with van der Waals surface area (Å²) in [5.74, 6) is -0.0225. The molecule has 5 heteroatoms. The SMILES string of the molecule is CSc1ccc(/C=C/C(=O)N2CCC(NC(=O)c3ccccc3)CC2)cc1. The number of likely N-dealkylation sites (tertiary alicyclic amines) is 1. The molecule has 0 saturated carbocycles. The van der Waals surface area contributed by atoms with Crippen LogP contribution in [0.1, 0.15) is 28.8 Å². The molecule has 27 heavy (non-hydrogen) atoms. The Balaban J connectivity index is 1.47. The fourth-order valence-electron chi connectivity index (χ4n) is 3.09. The second-order valence-corrected chi connectivity index (χ2v) is 7.43. The average molecular weight is 381 g/mol. The molecule has 2 aromatic carbocycles. The molecule has 0 aromatic heterocycles. The van der Waals surface area contributed by atoms with E-state index in [1.54, 1.807) is 17.8 Å². The third-order valence-corrected chi connectivity index (χ3v) is 5.46. The zero-order chi connectivity index (χ0) is 19.1. The van der Waals surface area contributed by atoms with Crippen molar-refractivity contribution in [1.82, 2.24) is 10.2 Å². The predicted molar refractivity (Wildman–Crippen MR) is 111 cm³/mol. The van der Waals surface area contributed by atoms with E-state index in [0.29, 0.717) is 18.7 Å². The Kier molecular flexibility index (Phi) is 6.71. The van der Waals surface area contributed by atoms with Crippen molar-refractivity contribution in [3.05, 3.63) is 71.8 Å². The molecule has 2 amide bonds. The van der Waals surface area contributed by atoms with Gasteiger partial charge in [0, 0.05) is 35.7 Å². The van der Waals surface area contributed by atoms with E-state index in [0.717, 1.165) is 18.4 Å². The second-order valence-electron chi connectivity index (χ2n) is 6.55. The predicted octanol–water partition coefficient (Wildman–Crippen LogP) is 3.84. The number of thioether (sulfide) groups is 1. The lowest BCUT2D eigenvalue weighted by atomic mass is 10.0. The summed E-state index contributed by atoms with van der Waals surface area (Å²) in [6, 6.07) is 17.5. The first-order valence-electron chi connectivity index (χ1n) is 9.12. The van der Waals surface area contributed by atoms with Gasteiger partial charge in [0.25, 0.3) is 5.91 Å². The van der Waals surface area contributed by atoms with Crippen LogP contribution in [0.2, 0.25) is 0 Å². The van der Waals surface area contributed by atoms with Crippen LogP contribution in [-0.2, 0) is 4.79 Å². The molecule has 1 saturated heterocycles. The summed E-state index contributed by atoms with van der Waals surface area (Å²) in [5.41, 5.74) is 1.69. The monoisotopic (exact) mass is 380 g/mol. The highest BCUT2D eigenvalue weighted by Crippen LogP contribution is 2.16. The molecule has 1 aliphatic rings. The van der Waals surface area contributed by atoms with Crippen LogP contribution in [0.3, 0.4) is 0 Å². The van der Waals surface area contributed by atoms with Crippen molar-refractivity contribution < 1.29 is 9.59 Å². The van der Waals surface area contributed by atoms with Crippen LogP contribution in [0.4, 0.5) is 0 Å². The maximum Gasteiger partial charge on any atom is 0.251 e. The summed E-state index contributed by atoms with van der Waals surface area (Å²) < 4.78 is 0. The Morgan fingerprint density at radius 1 is 1.04 bits per heavy atom. The molecular weight excluding hydrogens is 356 g/mol. The van der Waals surface area contributed by atoms with E-state index < -0.39 is 0 Å². The lowest BCUT2D eigenvalue weighted by Gasteiger charge is -2.31. The fraction of sp³-hybridized carbons (Fsp3) is 0.273. The van der Waals surface area contributed by atoms with Gasteiger partial charge in [-0.15, -0.1) is 11.8 Å². The van der Waals surface area contributed by atoms with Crippen LogP contribution in [0.15, 0.2) is 65.6 Å². The molecule has 0 bridgehead atoms. The van der Waals surface area contributed by atoms with Crippen molar-refractivity contribution in [2.24, 2.45) is 0 Å². The third-order valence-electron chi connectivity index (χ3n) is 4.71. The van der Waals surface area contributed by atoms with E-state index in [-0.39, 0.29) is 17.9 Å². The van der Waals surface area contributed by atoms with Gasteiger partial charge in [-0.2, -0.15) is 0 Å². The van der Waals surface area contributed by atoms with Gasteiger partial charge in [0.1, 0.15) is 0 Å². The largest absolute Gasteiger partial charge is 0.349 e. The Labute approximate surface area is 164 Å². The summed E-state index contributed by atoms with van der Waals surface area (Å²) in [6.07, 6.45) is 7.09. The first kappa shape index (κ1) is 19.2. The lowest BCUT2D eigenvalue weighted by Crippen LogP contribution is -2.46. The topological polar surface area (TPSA) is 49.4 Å². The van der Waals surface area contributed by atoms with Crippen molar-refractivity contribution in [2.45, 2.75) is 23.8 Å². The quantitative estimate of drug-likeness (QED) is 0.633. The van der Waals surface area contributed by atoms with Crippen molar-refractivity contribution in [1.29, 1.82) is 0 Å². The van der Waals surface area contributed by atoms with Crippen LogP contribution in [-0.4, -0.2) is 42.1 Å². The minimum atomic E-state index is -0.0473. The minimum Gasteiger partial charge on any atom is -0.349 e. The molecule has 0 radical (unpaired) electrons. The molecule has 1 fully saturated rings. The fourth-order valence-corrected chi connectivity index (χ4v) is 3.50. The summed E-state index contributed by atoms with van der Waals surface area (Å²) in [7, 11) is 0. The standard InChI is InChI=1S/C22H24N2O2S/c1-27-20-10-7-17(8-11-20)9-12-21(25)24-15-13-19(14-16-24)23-22(26)18-5-3-2-4-6-18/h2-12,19H,13-16H2,1H3,(H,23,26)/b12-9+. The molecule has 0 atom stereocenters. The third kappa shape index (κ3) is 5.47. The van der Waals surface area contributed by atoms with Gasteiger partial charge in [-0.05, 0) is 55.0 Å². The number of nitrogens with zero attached hydrogens (tertiary/aromatic N) is 1. The summed E-state index contributed by atoms with van der Waals surface area (Å²) in [5, 5.41) is 3.07. The van der Waals surface area contributed by atoms with Gasteiger partial charge >= 0.3 is 0 Å². The van der Waals surface area contributed by atoms with Gasteiger partial charge in [-0.25, -0.2) is 0 Å². The number of piperidine rings is 1.